The Morgan fingerprint density at radius 3 is 1.44 bits per heavy atom. The first-order valence-corrected chi connectivity index (χ1v) is 18.9. The van der Waals surface area contributed by atoms with E-state index in [0.717, 1.165) is 20.9 Å². The van der Waals surface area contributed by atoms with Crippen LogP contribution in [0, 0.1) is 31.2 Å². The number of benzene rings is 6. The van der Waals surface area contributed by atoms with Crippen LogP contribution in [0.4, 0.5) is 0 Å². The van der Waals surface area contributed by atoms with Crippen molar-refractivity contribution in [1.82, 2.24) is 0 Å². The van der Waals surface area contributed by atoms with Crippen LogP contribution in [0.5, 0.6) is 46.0 Å². The molecule has 0 saturated heterocycles. The van der Waals surface area contributed by atoms with Crippen LogP contribution in [-0.4, -0.2) is 40.9 Å². The van der Waals surface area contributed by atoms with Crippen molar-refractivity contribution in [2.45, 2.75) is 64.2 Å². The van der Waals surface area contributed by atoms with Crippen LogP contribution in [0.2, 0.25) is 0 Å². The van der Waals surface area contributed by atoms with Crippen LogP contribution in [0.3, 0.4) is 0 Å². The molecular formula is C44H42O8S2. The molecule has 0 saturated carbocycles. The van der Waals surface area contributed by atoms with Crippen LogP contribution in [0.15, 0.2) is 58.3 Å². The predicted molar refractivity (Wildman–Crippen MR) is 219 cm³/mol. The van der Waals surface area contributed by atoms with E-state index in [4.69, 9.17) is 0 Å². The summed E-state index contributed by atoms with van der Waals surface area (Å²) in [5.74, 6) is -4.14. The highest BCUT2D eigenvalue weighted by atomic mass is 32.2. The van der Waals surface area contributed by atoms with Crippen molar-refractivity contribution in [3.63, 3.8) is 0 Å². The van der Waals surface area contributed by atoms with E-state index in [9.17, 15) is 40.9 Å². The summed E-state index contributed by atoms with van der Waals surface area (Å²) in [5, 5.41) is 97.2. The van der Waals surface area contributed by atoms with Crippen LogP contribution in [0.25, 0.3) is 44.5 Å². The Morgan fingerprint density at radius 1 is 0.537 bits per heavy atom. The van der Waals surface area contributed by atoms with Crippen molar-refractivity contribution in [2.24, 2.45) is 0 Å². The summed E-state index contributed by atoms with van der Waals surface area (Å²) in [7, 11) is 0. The molecule has 0 amide bonds. The molecule has 6 aromatic carbocycles. The lowest BCUT2D eigenvalue weighted by Gasteiger charge is -2.19. The molecule has 0 aromatic heterocycles. The van der Waals surface area contributed by atoms with Crippen LogP contribution in [-0.2, 0) is 0 Å². The van der Waals surface area contributed by atoms with E-state index in [2.05, 4.69) is 6.58 Å². The Bertz CT molecular complexity index is 2880. The summed E-state index contributed by atoms with van der Waals surface area (Å²) in [6.45, 7) is 16.4. The van der Waals surface area contributed by atoms with E-state index in [-0.39, 0.29) is 69.7 Å². The van der Waals surface area contributed by atoms with Crippen LogP contribution >= 0.6 is 23.5 Å². The van der Waals surface area contributed by atoms with Gasteiger partial charge in [-0.2, -0.15) is 0 Å². The highest BCUT2D eigenvalue weighted by Crippen LogP contribution is 2.46. The second-order valence-corrected chi connectivity index (χ2v) is 15.9. The fourth-order valence-electron chi connectivity index (χ4n) is 6.97. The quantitative estimate of drug-likeness (QED) is 0.0498. The van der Waals surface area contributed by atoms with Crippen LogP contribution < -0.4 is 20.9 Å². The molecule has 6 rings (SSSR count). The number of fused-ring (bicyclic) bond motifs is 2. The first-order valence-electron chi connectivity index (χ1n) is 17.2. The second kappa shape index (κ2) is 14.3. The Hall–Kier alpha value is -5.58. The van der Waals surface area contributed by atoms with E-state index in [1.807, 2.05) is 62.4 Å². The molecule has 6 aromatic rings. The fraction of sp³-hybridized carbons (Fsp3) is 0.182. The molecular weight excluding hydrogens is 721 g/mol. The third-order valence-corrected chi connectivity index (χ3v) is 11.5. The van der Waals surface area contributed by atoms with Gasteiger partial charge >= 0.3 is 0 Å². The summed E-state index contributed by atoms with van der Waals surface area (Å²) < 4.78 is 0. The smallest absolute Gasteiger partial charge is 0.166 e. The molecule has 0 aliphatic carbocycles. The van der Waals surface area contributed by atoms with E-state index >= 15 is 0 Å². The van der Waals surface area contributed by atoms with Crippen molar-refractivity contribution in [3.05, 3.63) is 102 Å². The molecule has 0 heterocycles. The van der Waals surface area contributed by atoms with Crippen molar-refractivity contribution in [2.75, 3.05) is 0 Å². The molecule has 0 aliphatic heterocycles. The van der Waals surface area contributed by atoms with Gasteiger partial charge in [0.25, 0.3) is 0 Å². The van der Waals surface area contributed by atoms with Gasteiger partial charge in [0, 0.05) is 73.8 Å². The predicted octanol–water partition coefficient (Wildman–Crippen LogP) is 7.63. The minimum Gasteiger partial charge on any atom is -0.507 e. The highest BCUT2D eigenvalue weighted by Gasteiger charge is 2.27. The van der Waals surface area contributed by atoms with E-state index < -0.39 is 46.2 Å². The minimum atomic E-state index is -0.537. The van der Waals surface area contributed by atoms with Gasteiger partial charge in [-0.25, -0.2) is 0 Å². The summed E-state index contributed by atoms with van der Waals surface area (Å²) in [4.78, 5) is 1.61. The van der Waals surface area contributed by atoms with Crippen molar-refractivity contribution in [1.29, 1.82) is 0 Å². The Balaban J connectivity index is 1.90. The lowest BCUT2D eigenvalue weighted by atomic mass is 9.89. The number of aromatic hydroxyl groups is 8. The monoisotopic (exact) mass is 762 g/mol. The number of phenols is 8. The standard InChI is InChI=1S/C44H42O8S2/c1-19(2)29-35-33(27(39(47)43(29)51)17-53-25-13-9-21(5)10-14-25)41(49)31(23(7)37(35)45)32-24(8)38(46)36-30(20(3)4)44(52)40(48)28(34(36)42(32)50)18-54-26-15-11-22(6)12-16-26/h9-18,20,45-52H,7H2,1-6,8H3/b27-17?,28-18?,32-31-. The molecule has 278 valence electrons. The normalized spacial score (nSPS) is 13.1. The topological polar surface area (TPSA) is 162 Å². The Morgan fingerprint density at radius 2 is 0.981 bits per heavy atom. The SMILES string of the molecule is C=c1c(O)c2c(=C(C)C)c(O)c(O)c(=CSc3ccc(C)cc3)c2c(O)/c1=c1/c(C)c(O)c2c(C(C)C)c(O)c(O)c(=CSc3ccc(C)cc3)c2c1O. The van der Waals surface area contributed by atoms with Crippen molar-refractivity contribution >= 4 is 68.0 Å². The molecule has 0 bridgehead atoms. The number of aryl methyl sites for hydroxylation is 2. The molecule has 0 fully saturated rings. The van der Waals surface area contributed by atoms with Gasteiger partial charge in [0.2, 0.25) is 0 Å². The summed E-state index contributed by atoms with van der Waals surface area (Å²) in [6, 6.07) is 15.2. The molecule has 54 heavy (non-hydrogen) atoms. The minimum absolute atomic E-state index is 0.00112. The average Bonchev–Trinajstić information content (AvgIpc) is 3.12. The zero-order valence-corrected chi connectivity index (χ0v) is 32.6. The number of thioether (sulfide) groups is 2. The third kappa shape index (κ3) is 6.19. The van der Waals surface area contributed by atoms with Gasteiger partial charge in [-0.05, 0) is 75.6 Å². The highest BCUT2D eigenvalue weighted by molar-refractivity contribution is 8.06. The number of rotatable bonds is 5. The number of hydrogen-bond acceptors (Lipinski definition) is 10. The third-order valence-electron chi connectivity index (χ3n) is 9.74. The number of hydrogen-bond donors (Lipinski definition) is 8. The maximum atomic E-state index is 12.4. The Kier molecular flexibility index (Phi) is 10.1. The molecule has 0 atom stereocenters. The molecule has 0 radical (unpaired) electrons. The zero-order valence-electron chi connectivity index (χ0n) is 31.0. The van der Waals surface area contributed by atoms with E-state index in [1.165, 1.54) is 30.4 Å². The lowest BCUT2D eigenvalue weighted by molar-refractivity contribution is 0.395. The number of phenolic OH excluding ortho intramolecular Hbond substituents is 8. The summed E-state index contributed by atoms with van der Waals surface area (Å²) >= 11 is 2.45. The molecule has 8 N–H and O–H groups in total. The van der Waals surface area contributed by atoms with Gasteiger partial charge < -0.3 is 40.9 Å². The molecule has 0 aliphatic rings. The van der Waals surface area contributed by atoms with Gasteiger partial charge in [0.1, 0.15) is 23.0 Å². The zero-order chi connectivity index (χ0) is 39.5. The second-order valence-electron chi connectivity index (χ2n) is 14.0. The fourth-order valence-corrected chi connectivity index (χ4v) is 8.52. The van der Waals surface area contributed by atoms with E-state index in [0.29, 0.717) is 5.57 Å². The maximum absolute atomic E-state index is 12.4. The van der Waals surface area contributed by atoms with Crippen molar-refractivity contribution < 1.29 is 40.9 Å². The van der Waals surface area contributed by atoms with Gasteiger partial charge in [0.15, 0.2) is 23.0 Å². The largest absolute Gasteiger partial charge is 0.507 e. The van der Waals surface area contributed by atoms with Crippen LogP contribution in [0.1, 0.15) is 55.9 Å². The van der Waals surface area contributed by atoms with Gasteiger partial charge in [0.05, 0.1) is 0 Å². The van der Waals surface area contributed by atoms with Gasteiger partial charge in [-0.1, -0.05) is 84.9 Å². The first-order chi connectivity index (χ1) is 25.5. The van der Waals surface area contributed by atoms with E-state index in [1.54, 1.807) is 38.5 Å². The average molecular weight is 763 g/mol. The lowest BCUT2D eigenvalue weighted by Crippen LogP contribution is -2.19. The van der Waals surface area contributed by atoms with Gasteiger partial charge in [-0.15, -0.1) is 0 Å². The van der Waals surface area contributed by atoms with Gasteiger partial charge in [-0.3, -0.25) is 0 Å². The first kappa shape index (κ1) is 38.2. The molecule has 8 nitrogen and oxygen atoms in total. The molecule has 10 heteroatoms. The summed E-state index contributed by atoms with van der Waals surface area (Å²) in [5.41, 5.74) is 2.91. The van der Waals surface area contributed by atoms with Crippen molar-refractivity contribution in [3.8, 4) is 46.0 Å². The molecule has 0 unspecified atom stereocenters. The maximum Gasteiger partial charge on any atom is 0.166 e. The summed E-state index contributed by atoms with van der Waals surface area (Å²) in [6.07, 6.45) is 0. The Labute approximate surface area is 319 Å². The molecule has 0 spiro atoms.